The van der Waals surface area contributed by atoms with Crippen molar-refractivity contribution < 1.29 is 23.2 Å². The minimum Gasteiger partial charge on any atom is -0.383 e. The maximum Gasteiger partial charge on any atom is 0.423 e. The van der Waals surface area contributed by atoms with Crippen molar-refractivity contribution in [3.63, 3.8) is 0 Å². The van der Waals surface area contributed by atoms with E-state index in [1.807, 2.05) is 0 Å². The van der Waals surface area contributed by atoms with Crippen molar-refractivity contribution in [3.8, 4) is 0 Å². The highest BCUT2D eigenvalue weighted by Crippen LogP contribution is 2.39. The van der Waals surface area contributed by atoms with Crippen LogP contribution in [0.25, 0.3) is 10.9 Å². The van der Waals surface area contributed by atoms with Crippen LogP contribution in [0.4, 0.5) is 18.9 Å². The number of hydrogen-bond acceptors (Lipinski definition) is 4. The zero-order chi connectivity index (χ0) is 16.0. The lowest BCUT2D eigenvalue weighted by atomic mass is 10.1. The fourth-order valence-electron chi connectivity index (χ4n) is 1.92. The number of fused-ring (bicyclic) bond motifs is 1. The first-order valence-corrected chi connectivity index (χ1v) is 6.41. The highest BCUT2D eigenvalue weighted by molar-refractivity contribution is 7.80. The number of alkyl halides is 3. The molecule has 0 saturated heterocycles. The molecule has 0 aliphatic heterocycles. The number of aromatic nitrogens is 1. The number of aliphatic hydroxyl groups is 1. The van der Waals surface area contributed by atoms with Crippen molar-refractivity contribution in [2.45, 2.75) is 18.7 Å². The van der Waals surface area contributed by atoms with Crippen LogP contribution in [-0.4, -0.2) is 20.8 Å². The van der Waals surface area contributed by atoms with Crippen LogP contribution < -0.4 is 0 Å². The first-order valence-electron chi connectivity index (χ1n) is 5.78. The molecule has 114 valence electrons. The SMILES string of the molecule is CC(O)(CS)c1cc2cc([N+](=O)[O-])c(C(F)(F)F)cc2[nH]1. The second-order valence-corrected chi connectivity index (χ2v) is 5.14. The lowest BCUT2D eigenvalue weighted by Gasteiger charge is -2.18. The van der Waals surface area contributed by atoms with Crippen LogP contribution in [-0.2, 0) is 11.8 Å². The van der Waals surface area contributed by atoms with Gasteiger partial charge < -0.3 is 10.1 Å². The molecule has 0 aliphatic rings. The molecule has 1 heterocycles. The number of rotatable bonds is 3. The number of nitro groups is 1. The first-order chi connectivity index (χ1) is 9.56. The van der Waals surface area contributed by atoms with Crippen LogP contribution in [0.1, 0.15) is 18.2 Å². The molecule has 1 atom stereocenters. The van der Waals surface area contributed by atoms with E-state index in [1.165, 1.54) is 13.0 Å². The van der Waals surface area contributed by atoms with Crippen LogP contribution in [0.15, 0.2) is 18.2 Å². The summed E-state index contributed by atoms with van der Waals surface area (Å²) in [5, 5.41) is 21.1. The molecule has 0 fully saturated rings. The zero-order valence-electron chi connectivity index (χ0n) is 10.7. The number of nitrogens with zero attached hydrogens (tertiary/aromatic N) is 1. The van der Waals surface area contributed by atoms with Gasteiger partial charge in [-0.2, -0.15) is 25.8 Å². The maximum atomic E-state index is 12.9. The molecule has 0 radical (unpaired) electrons. The predicted octanol–water partition coefficient (Wildman–Crippen LogP) is 3.23. The van der Waals surface area contributed by atoms with Gasteiger partial charge in [-0.15, -0.1) is 0 Å². The van der Waals surface area contributed by atoms with Gasteiger partial charge in [0.25, 0.3) is 5.69 Å². The van der Waals surface area contributed by atoms with E-state index in [9.17, 15) is 28.4 Å². The van der Waals surface area contributed by atoms with E-state index in [1.54, 1.807) is 0 Å². The fourth-order valence-corrected chi connectivity index (χ4v) is 2.09. The van der Waals surface area contributed by atoms with Gasteiger partial charge >= 0.3 is 6.18 Å². The van der Waals surface area contributed by atoms with Crippen LogP contribution in [0, 0.1) is 10.1 Å². The van der Waals surface area contributed by atoms with Crippen LogP contribution >= 0.6 is 12.6 Å². The molecule has 9 heteroatoms. The minimum absolute atomic E-state index is 0.0358. The standard InChI is InChI=1S/C12H11F3N2O3S/c1-11(18,5-21)10-3-6-2-9(17(19)20)7(12(13,14)15)4-8(6)16-10/h2-4,16,18,21H,5H2,1H3. The number of aromatic amines is 1. The van der Waals surface area contributed by atoms with Gasteiger partial charge in [-0.25, -0.2) is 0 Å². The molecule has 21 heavy (non-hydrogen) atoms. The van der Waals surface area contributed by atoms with Crippen LogP contribution in [0.5, 0.6) is 0 Å². The van der Waals surface area contributed by atoms with Gasteiger partial charge in [0.15, 0.2) is 0 Å². The average molecular weight is 320 g/mol. The third-order valence-corrected chi connectivity index (χ3v) is 3.74. The number of halogens is 3. The van der Waals surface area contributed by atoms with E-state index in [2.05, 4.69) is 17.6 Å². The fraction of sp³-hybridized carbons (Fsp3) is 0.333. The molecule has 2 rings (SSSR count). The predicted molar refractivity (Wildman–Crippen MR) is 73.4 cm³/mol. The van der Waals surface area contributed by atoms with Crippen molar-refractivity contribution >= 4 is 29.2 Å². The lowest BCUT2D eigenvalue weighted by Crippen LogP contribution is -2.23. The van der Waals surface area contributed by atoms with E-state index in [-0.39, 0.29) is 22.3 Å². The summed E-state index contributed by atoms with van der Waals surface area (Å²) >= 11 is 3.96. The maximum absolute atomic E-state index is 12.9. The average Bonchev–Trinajstić information content (AvgIpc) is 2.79. The molecular formula is C12H11F3N2O3S. The van der Waals surface area contributed by atoms with Gasteiger partial charge in [0.05, 0.1) is 4.92 Å². The second kappa shape index (κ2) is 4.92. The largest absolute Gasteiger partial charge is 0.423 e. The Morgan fingerprint density at radius 2 is 2.00 bits per heavy atom. The summed E-state index contributed by atoms with van der Waals surface area (Å²) in [5.41, 5.74) is -3.44. The Kier molecular flexibility index (Phi) is 3.66. The molecule has 0 saturated carbocycles. The molecule has 2 N–H and O–H groups in total. The number of thiol groups is 1. The Morgan fingerprint density at radius 1 is 1.38 bits per heavy atom. The number of H-pyrrole nitrogens is 1. The Morgan fingerprint density at radius 3 is 2.48 bits per heavy atom. The quantitative estimate of drug-likeness (QED) is 0.461. The van der Waals surface area contributed by atoms with Gasteiger partial charge in [0.2, 0.25) is 0 Å². The number of hydrogen-bond donors (Lipinski definition) is 3. The van der Waals surface area contributed by atoms with Crippen molar-refractivity contribution in [2.24, 2.45) is 0 Å². The summed E-state index contributed by atoms with van der Waals surface area (Å²) in [5.74, 6) is 0.0358. The van der Waals surface area contributed by atoms with E-state index in [0.717, 1.165) is 6.07 Å². The number of nitrogens with one attached hydrogen (secondary N) is 1. The van der Waals surface area contributed by atoms with Crippen LogP contribution in [0.2, 0.25) is 0 Å². The summed E-state index contributed by atoms with van der Waals surface area (Å²) in [7, 11) is 0. The number of nitro benzene ring substituents is 1. The second-order valence-electron chi connectivity index (χ2n) is 4.83. The van der Waals surface area contributed by atoms with Gasteiger partial charge in [-0.05, 0) is 19.1 Å². The smallest absolute Gasteiger partial charge is 0.383 e. The Labute approximate surface area is 122 Å². The summed E-state index contributed by atoms with van der Waals surface area (Å²) in [6.45, 7) is 1.43. The summed E-state index contributed by atoms with van der Waals surface area (Å²) in [6, 6.07) is 2.89. The van der Waals surface area contributed by atoms with Crippen molar-refractivity contribution in [3.05, 3.63) is 39.6 Å². The first kappa shape index (κ1) is 15.6. The molecule has 1 aromatic heterocycles. The van der Waals surface area contributed by atoms with Crippen molar-refractivity contribution in [1.29, 1.82) is 0 Å². The van der Waals surface area contributed by atoms with E-state index >= 15 is 0 Å². The summed E-state index contributed by atoms with van der Waals surface area (Å²) < 4.78 is 38.6. The molecule has 0 amide bonds. The Hall–Kier alpha value is -1.74. The Balaban J connectivity index is 2.72. The van der Waals surface area contributed by atoms with E-state index in [4.69, 9.17) is 0 Å². The molecule has 1 unspecified atom stereocenters. The van der Waals surface area contributed by atoms with E-state index in [0.29, 0.717) is 6.07 Å². The van der Waals surface area contributed by atoms with Crippen LogP contribution in [0.3, 0.4) is 0 Å². The van der Waals surface area contributed by atoms with Gasteiger partial charge in [0, 0.05) is 28.4 Å². The van der Waals surface area contributed by atoms with Gasteiger partial charge in [-0.1, -0.05) is 0 Å². The molecular weight excluding hydrogens is 309 g/mol. The monoisotopic (exact) mass is 320 g/mol. The molecule has 0 spiro atoms. The third kappa shape index (κ3) is 2.84. The van der Waals surface area contributed by atoms with Crippen molar-refractivity contribution in [2.75, 3.05) is 5.75 Å². The molecule has 0 bridgehead atoms. The molecule has 0 aliphatic carbocycles. The zero-order valence-corrected chi connectivity index (χ0v) is 11.6. The molecule has 5 nitrogen and oxygen atoms in total. The van der Waals surface area contributed by atoms with Crippen molar-refractivity contribution in [1.82, 2.24) is 4.98 Å². The molecule has 2 aromatic rings. The topological polar surface area (TPSA) is 79.2 Å². The summed E-state index contributed by atoms with van der Waals surface area (Å²) in [4.78, 5) is 12.4. The Bertz CT molecular complexity index is 710. The van der Waals surface area contributed by atoms with Gasteiger partial charge in [0.1, 0.15) is 11.2 Å². The van der Waals surface area contributed by atoms with Gasteiger partial charge in [-0.3, -0.25) is 10.1 Å². The normalized spacial score (nSPS) is 15.1. The molecule has 1 aromatic carbocycles. The van der Waals surface area contributed by atoms with E-state index < -0.39 is 28.0 Å². The minimum atomic E-state index is -4.84. The highest BCUT2D eigenvalue weighted by atomic mass is 32.1. The summed E-state index contributed by atoms with van der Waals surface area (Å²) in [6.07, 6.45) is -4.84. The lowest BCUT2D eigenvalue weighted by molar-refractivity contribution is -0.387. The number of benzene rings is 1. The third-order valence-electron chi connectivity index (χ3n) is 3.13. The highest BCUT2D eigenvalue weighted by Gasteiger charge is 2.39.